The zero-order valence-electron chi connectivity index (χ0n) is 60.4. The standard InChI is InChI=1S/C83H159NO5/c1-3-5-7-9-11-13-15-17-19-21-23-24-34-37-40-43-47-51-55-59-63-67-71-75-81(86)80(79-85)84-82(87)76-72-68-64-60-56-52-48-44-41-38-35-32-30-28-26-25-27-29-31-33-36-39-42-46-50-54-58-62-66-70-74-78-89-83(88)77-73-69-65-61-57-53-49-45-22-20-18-16-14-12-10-8-6-4-2/h20,22,27,29,71,75,80-81,85-86H,3-19,21,23-26,28,30-70,72-74,76-79H2,1-2H3,(H,84,87)/b22-20-,29-27-,75-71+. The third-order valence-electron chi connectivity index (χ3n) is 19.1. The lowest BCUT2D eigenvalue weighted by Crippen LogP contribution is -2.45. The van der Waals surface area contributed by atoms with Gasteiger partial charge in [0.05, 0.1) is 25.4 Å². The van der Waals surface area contributed by atoms with Crippen LogP contribution in [0.3, 0.4) is 0 Å². The maximum atomic E-state index is 12.6. The number of amides is 1. The van der Waals surface area contributed by atoms with Gasteiger partial charge >= 0.3 is 5.97 Å². The summed E-state index contributed by atoms with van der Waals surface area (Å²) in [4.78, 5) is 24.7. The number of ether oxygens (including phenoxy) is 1. The molecule has 0 radical (unpaired) electrons. The number of hydrogen-bond acceptors (Lipinski definition) is 5. The summed E-state index contributed by atoms with van der Waals surface area (Å²) >= 11 is 0. The van der Waals surface area contributed by atoms with E-state index in [1.165, 1.54) is 385 Å². The van der Waals surface area contributed by atoms with E-state index in [1.54, 1.807) is 6.08 Å². The molecule has 0 bridgehead atoms. The molecule has 0 aromatic heterocycles. The Morgan fingerprint density at radius 2 is 0.528 bits per heavy atom. The zero-order chi connectivity index (χ0) is 64.2. The van der Waals surface area contributed by atoms with Crippen LogP contribution in [0.2, 0.25) is 0 Å². The molecule has 6 heteroatoms. The zero-order valence-corrected chi connectivity index (χ0v) is 60.4. The Balaban J connectivity index is 3.38. The molecule has 2 unspecified atom stereocenters. The Kier molecular flexibility index (Phi) is 76.8. The molecule has 0 saturated heterocycles. The molecule has 0 aliphatic carbocycles. The van der Waals surface area contributed by atoms with Gasteiger partial charge in [0.25, 0.3) is 0 Å². The van der Waals surface area contributed by atoms with Crippen molar-refractivity contribution in [1.29, 1.82) is 0 Å². The largest absolute Gasteiger partial charge is 0.466 e. The van der Waals surface area contributed by atoms with E-state index in [4.69, 9.17) is 4.74 Å². The quantitative estimate of drug-likeness (QED) is 0.0320. The average Bonchev–Trinajstić information content (AvgIpc) is 3.60. The molecule has 2 atom stereocenters. The molecule has 0 aliphatic rings. The minimum atomic E-state index is -0.845. The highest BCUT2D eigenvalue weighted by Crippen LogP contribution is 2.20. The van der Waals surface area contributed by atoms with E-state index in [0.717, 1.165) is 44.9 Å². The Labute approximate surface area is 557 Å². The Morgan fingerprint density at radius 3 is 0.798 bits per heavy atom. The highest BCUT2D eigenvalue weighted by Gasteiger charge is 2.18. The van der Waals surface area contributed by atoms with Gasteiger partial charge in [-0.1, -0.05) is 397 Å². The van der Waals surface area contributed by atoms with Gasteiger partial charge in [-0.25, -0.2) is 0 Å². The summed E-state index contributed by atoms with van der Waals surface area (Å²) < 4.78 is 5.51. The van der Waals surface area contributed by atoms with Crippen molar-refractivity contribution in [1.82, 2.24) is 5.32 Å². The number of allylic oxidation sites excluding steroid dienone is 5. The van der Waals surface area contributed by atoms with Crippen LogP contribution in [0.4, 0.5) is 0 Å². The van der Waals surface area contributed by atoms with E-state index in [-0.39, 0.29) is 18.5 Å². The van der Waals surface area contributed by atoms with E-state index >= 15 is 0 Å². The molecule has 3 N–H and O–H groups in total. The maximum absolute atomic E-state index is 12.6. The van der Waals surface area contributed by atoms with Gasteiger partial charge in [-0.2, -0.15) is 0 Å². The van der Waals surface area contributed by atoms with Gasteiger partial charge in [0, 0.05) is 12.8 Å². The van der Waals surface area contributed by atoms with Gasteiger partial charge in [-0.15, -0.1) is 0 Å². The summed E-state index contributed by atoms with van der Waals surface area (Å²) in [6, 6.07) is -0.628. The SMILES string of the molecule is CCCCCCCCC/C=C\CCCCCCCCCC(=O)OCCCCCCCCCCCCCC/C=C\CCCCCCCCCCCCCCCCCC(=O)NC(CO)C(O)/C=C/CCCCCCCCCCCCCCCCCCCCCCC. The molecular weight excluding hydrogens is 1090 g/mol. The van der Waals surface area contributed by atoms with E-state index in [1.807, 2.05) is 6.08 Å². The number of carbonyl (C=O) groups is 2. The Bertz CT molecular complexity index is 1440. The average molecular weight is 1250 g/mol. The molecule has 0 aromatic rings. The van der Waals surface area contributed by atoms with Crippen LogP contribution in [0, 0.1) is 0 Å². The van der Waals surface area contributed by atoms with Crippen LogP contribution >= 0.6 is 0 Å². The van der Waals surface area contributed by atoms with Gasteiger partial charge in [0.2, 0.25) is 5.91 Å². The molecule has 0 aliphatic heterocycles. The fourth-order valence-corrected chi connectivity index (χ4v) is 12.9. The topological polar surface area (TPSA) is 95.9 Å². The molecule has 0 fully saturated rings. The minimum absolute atomic E-state index is 0.0154. The second-order valence-corrected chi connectivity index (χ2v) is 28.1. The first-order valence-corrected chi connectivity index (χ1v) is 40.8. The van der Waals surface area contributed by atoms with Crippen LogP contribution in [0.25, 0.3) is 0 Å². The summed E-state index contributed by atoms with van der Waals surface area (Å²) in [6.07, 6.45) is 103. The first-order valence-electron chi connectivity index (χ1n) is 40.8. The van der Waals surface area contributed by atoms with Gasteiger partial charge in [-0.05, 0) is 83.5 Å². The predicted molar refractivity (Wildman–Crippen MR) is 393 cm³/mol. The van der Waals surface area contributed by atoms with Crippen LogP contribution in [-0.4, -0.2) is 47.4 Å². The van der Waals surface area contributed by atoms with Crippen LogP contribution < -0.4 is 5.32 Å². The van der Waals surface area contributed by atoms with E-state index < -0.39 is 12.1 Å². The lowest BCUT2D eigenvalue weighted by Gasteiger charge is -2.20. The molecule has 6 nitrogen and oxygen atoms in total. The van der Waals surface area contributed by atoms with Crippen molar-refractivity contribution in [2.24, 2.45) is 0 Å². The van der Waals surface area contributed by atoms with Crippen molar-refractivity contribution in [2.45, 2.75) is 469 Å². The summed E-state index contributed by atoms with van der Waals surface area (Å²) in [5, 5.41) is 23.3. The summed E-state index contributed by atoms with van der Waals surface area (Å²) in [5.74, 6) is -0.0456. The van der Waals surface area contributed by atoms with Gasteiger partial charge in [0.1, 0.15) is 0 Å². The van der Waals surface area contributed by atoms with Crippen molar-refractivity contribution < 1.29 is 24.5 Å². The predicted octanol–water partition coefficient (Wildman–Crippen LogP) is 27.0. The van der Waals surface area contributed by atoms with Gasteiger partial charge in [0.15, 0.2) is 0 Å². The fraction of sp³-hybridized carbons (Fsp3) is 0.904. The number of rotatable bonds is 77. The summed E-state index contributed by atoms with van der Waals surface area (Å²) in [6.45, 7) is 4.95. The van der Waals surface area contributed by atoms with Crippen molar-refractivity contribution in [2.75, 3.05) is 13.2 Å². The minimum Gasteiger partial charge on any atom is -0.466 e. The number of esters is 1. The van der Waals surface area contributed by atoms with Crippen LogP contribution in [0.15, 0.2) is 36.5 Å². The number of unbranched alkanes of at least 4 members (excludes halogenated alkanes) is 62. The van der Waals surface area contributed by atoms with E-state index in [2.05, 4.69) is 43.5 Å². The smallest absolute Gasteiger partial charge is 0.305 e. The lowest BCUT2D eigenvalue weighted by molar-refractivity contribution is -0.143. The van der Waals surface area contributed by atoms with Crippen molar-refractivity contribution in [3.05, 3.63) is 36.5 Å². The normalized spacial score (nSPS) is 12.6. The second kappa shape index (κ2) is 78.5. The Hall–Kier alpha value is -1.92. The lowest BCUT2D eigenvalue weighted by atomic mass is 10.0. The van der Waals surface area contributed by atoms with Gasteiger partial charge < -0.3 is 20.3 Å². The second-order valence-electron chi connectivity index (χ2n) is 28.1. The summed E-state index contributed by atoms with van der Waals surface area (Å²) in [5.41, 5.74) is 0. The summed E-state index contributed by atoms with van der Waals surface area (Å²) in [7, 11) is 0. The van der Waals surface area contributed by atoms with E-state index in [9.17, 15) is 19.8 Å². The third kappa shape index (κ3) is 75.0. The molecule has 0 saturated carbocycles. The van der Waals surface area contributed by atoms with Crippen molar-refractivity contribution in [3.63, 3.8) is 0 Å². The molecule has 0 rings (SSSR count). The number of aliphatic hydroxyl groups excluding tert-OH is 2. The number of aliphatic hydroxyl groups is 2. The number of nitrogens with one attached hydrogen (secondary N) is 1. The third-order valence-corrected chi connectivity index (χ3v) is 19.1. The van der Waals surface area contributed by atoms with Crippen LogP contribution in [0.1, 0.15) is 457 Å². The number of carbonyl (C=O) groups excluding carboxylic acids is 2. The maximum Gasteiger partial charge on any atom is 0.305 e. The highest BCUT2D eigenvalue weighted by atomic mass is 16.5. The van der Waals surface area contributed by atoms with Gasteiger partial charge in [-0.3, -0.25) is 9.59 Å². The molecular formula is C83H159NO5. The first-order chi connectivity index (χ1) is 44.0. The van der Waals surface area contributed by atoms with Crippen LogP contribution in [-0.2, 0) is 14.3 Å². The van der Waals surface area contributed by atoms with E-state index in [0.29, 0.717) is 19.4 Å². The fourth-order valence-electron chi connectivity index (χ4n) is 12.9. The first kappa shape index (κ1) is 87.1. The van der Waals surface area contributed by atoms with Crippen molar-refractivity contribution in [3.8, 4) is 0 Å². The van der Waals surface area contributed by atoms with Crippen molar-refractivity contribution >= 4 is 11.9 Å². The highest BCUT2D eigenvalue weighted by molar-refractivity contribution is 5.76. The molecule has 89 heavy (non-hydrogen) atoms. The monoisotopic (exact) mass is 1250 g/mol. The molecule has 0 aromatic carbocycles. The molecule has 0 spiro atoms. The molecule has 1 amide bonds. The molecule has 0 heterocycles. The van der Waals surface area contributed by atoms with Crippen LogP contribution in [0.5, 0.6) is 0 Å². The number of hydrogen-bond donors (Lipinski definition) is 3. The molecule has 526 valence electrons. The Morgan fingerprint density at radius 1 is 0.303 bits per heavy atom.